The van der Waals surface area contributed by atoms with Crippen LogP contribution in [0.25, 0.3) is 0 Å². The van der Waals surface area contributed by atoms with Gasteiger partial charge in [0.05, 0.1) is 11.6 Å². The topological polar surface area (TPSA) is 52.9 Å². The average molecular weight is 222 g/mol. The fourth-order valence-electron chi connectivity index (χ4n) is 1.53. The number of carbonyl (C=O) groups is 1. The van der Waals surface area contributed by atoms with E-state index in [0.29, 0.717) is 0 Å². The predicted octanol–water partition coefficient (Wildman–Crippen LogP) is 2.32. The maximum Gasteiger partial charge on any atom is 0.234 e. The first-order chi connectivity index (χ1) is 6.97. The van der Waals surface area contributed by atoms with E-state index in [1.54, 1.807) is 11.3 Å². The van der Waals surface area contributed by atoms with Crippen molar-refractivity contribution in [2.45, 2.75) is 32.7 Å². The molecule has 1 heterocycles. The Morgan fingerprint density at radius 2 is 2.33 bits per heavy atom. The van der Waals surface area contributed by atoms with E-state index in [1.165, 1.54) is 5.56 Å². The SMILES string of the molecule is Cc1ccsc1C(C)(C)NC(=O)CC#N. The third kappa shape index (κ3) is 2.80. The third-order valence-corrected chi connectivity index (χ3v) is 3.46. The number of hydrogen-bond donors (Lipinski definition) is 1. The number of nitriles is 1. The van der Waals surface area contributed by atoms with Crippen LogP contribution in [0.3, 0.4) is 0 Å². The smallest absolute Gasteiger partial charge is 0.234 e. The second-order valence-corrected chi connectivity index (χ2v) is 4.86. The quantitative estimate of drug-likeness (QED) is 0.853. The standard InChI is InChI=1S/C11H14N2OS/c1-8-5-7-15-10(8)11(2,3)13-9(14)4-6-12/h5,7H,4H2,1-3H3,(H,13,14). The Hall–Kier alpha value is -1.34. The van der Waals surface area contributed by atoms with Crippen LogP contribution in [0.2, 0.25) is 0 Å². The minimum atomic E-state index is -0.397. The Kier molecular flexibility index (Phi) is 3.48. The van der Waals surface area contributed by atoms with Crippen LogP contribution in [0, 0.1) is 18.3 Å². The predicted molar refractivity (Wildman–Crippen MR) is 60.5 cm³/mol. The summed E-state index contributed by atoms with van der Waals surface area (Å²) in [6.07, 6.45) is -0.0894. The number of carbonyl (C=O) groups excluding carboxylic acids is 1. The van der Waals surface area contributed by atoms with Gasteiger partial charge >= 0.3 is 0 Å². The summed E-state index contributed by atoms with van der Waals surface area (Å²) in [6.45, 7) is 5.91. The van der Waals surface area contributed by atoms with E-state index in [2.05, 4.69) is 5.32 Å². The number of hydrogen-bond acceptors (Lipinski definition) is 3. The Morgan fingerprint density at radius 1 is 1.67 bits per heavy atom. The number of amides is 1. The molecule has 0 radical (unpaired) electrons. The Labute approximate surface area is 93.7 Å². The highest BCUT2D eigenvalue weighted by Gasteiger charge is 2.25. The van der Waals surface area contributed by atoms with Gasteiger partial charge in [-0.3, -0.25) is 4.79 Å². The second-order valence-electron chi connectivity index (χ2n) is 3.94. The van der Waals surface area contributed by atoms with E-state index >= 15 is 0 Å². The van der Waals surface area contributed by atoms with Crippen molar-refractivity contribution < 1.29 is 4.79 Å². The van der Waals surface area contributed by atoms with Gasteiger partial charge in [0.1, 0.15) is 6.42 Å². The summed E-state index contributed by atoms with van der Waals surface area (Å²) in [4.78, 5) is 12.5. The molecule has 0 fully saturated rings. The zero-order chi connectivity index (χ0) is 11.5. The zero-order valence-corrected chi connectivity index (χ0v) is 9.94. The lowest BCUT2D eigenvalue weighted by atomic mass is 10.00. The van der Waals surface area contributed by atoms with Gasteiger partial charge < -0.3 is 5.32 Å². The van der Waals surface area contributed by atoms with Gasteiger partial charge in [0.15, 0.2) is 0 Å². The summed E-state index contributed by atoms with van der Waals surface area (Å²) in [5.74, 6) is -0.227. The molecule has 0 aliphatic carbocycles. The summed E-state index contributed by atoms with van der Waals surface area (Å²) < 4.78 is 0. The lowest BCUT2D eigenvalue weighted by Gasteiger charge is -2.25. The van der Waals surface area contributed by atoms with Crippen LogP contribution >= 0.6 is 11.3 Å². The molecule has 0 spiro atoms. The molecule has 0 saturated carbocycles. The van der Waals surface area contributed by atoms with Crippen molar-refractivity contribution in [3.63, 3.8) is 0 Å². The number of thiophene rings is 1. The van der Waals surface area contributed by atoms with E-state index in [0.717, 1.165) is 4.88 Å². The van der Waals surface area contributed by atoms with Gasteiger partial charge in [-0.15, -0.1) is 11.3 Å². The van der Waals surface area contributed by atoms with E-state index < -0.39 is 5.54 Å². The molecule has 4 heteroatoms. The average Bonchev–Trinajstić information content (AvgIpc) is 2.51. The monoisotopic (exact) mass is 222 g/mol. The summed E-state index contributed by atoms with van der Waals surface area (Å²) in [5.41, 5.74) is 0.772. The van der Waals surface area contributed by atoms with Gasteiger partial charge in [-0.25, -0.2) is 0 Å². The molecule has 1 amide bonds. The Balaban J connectivity index is 2.81. The normalized spacial score (nSPS) is 10.8. The van der Waals surface area contributed by atoms with Crippen LogP contribution in [0.5, 0.6) is 0 Å². The van der Waals surface area contributed by atoms with Crippen molar-refractivity contribution in [2.75, 3.05) is 0 Å². The Morgan fingerprint density at radius 3 is 2.80 bits per heavy atom. The number of rotatable bonds is 3. The van der Waals surface area contributed by atoms with E-state index in [-0.39, 0.29) is 12.3 Å². The van der Waals surface area contributed by atoms with Crippen molar-refractivity contribution in [3.8, 4) is 6.07 Å². The molecule has 0 aliphatic heterocycles. The van der Waals surface area contributed by atoms with E-state index in [9.17, 15) is 4.79 Å². The first-order valence-corrected chi connectivity index (χ1v) is 5.58. The number of nitrogens with zero attached hydrogens (tertiary/aromatic N) is 1. The minimum absolute atomic E-state index is 0.0894. The molecular formula is C11H14N2OS. The molecule has 0 aliphatic rings. The lowest BCUT2D eigenvalue weighted by Crippen LogP contribution is -2.40. The first-order valence-electron chi connectivity index (χ1n) is 4.70. The summed E-state index contributed by atoms with van der Waals surface area (Å²) in [7, 11) is 0. The maximum absolute atomic E-state index is 11.3. The third-order valence-electron chi connectivity index (χ3n) is 2.12. The molecule has 1 aromatic rings. The summed E-state index contributed by atoms with van der Waals surface area (Å²) in [6, 6.07) is 3.87. The molecule has 80 valence electrons. The largest absolute Gasteiger partial charge is 0.345 e. The number of nitrogens with one attached hydrogen (secondary N) is 1. The second kappa shape index (κ2) is 4.45. The maximum atomic E-state index is 11.3. The van der Waals surface area contributed by atoms with Crippen LogP contribution in [0.1, 0.15) is 30.7 Å². The molecule has 0 aromatic carbocycles. The summed E-state index contributed by atoms with van der Waals surface area (Å²) >= 11 is 1.62. The van der Waals surface area contributed by atoms with Crippen LogP contribution in [0.4, 0.5) is 0 Å². The molecule has 3 nitrogen and oxygen atoms in total. The van der Waals surface area contributed by atoms with Gasteiger partial charge in [0, 0.05) is 4.88 Å². The van der Waals surface area contributed by atoms with Crippen molar-refractivity contribution in [2.24, 2.45) is 0 Å². The van der Waals surface area contributed by atoms with Gasteiger partial charge in [0.25, 0.3) is 0 Å². The molecule has 1 aromatic heterocycles. The van der Waals surface area contributed by atoms with Crippen molar-refractivity contribution in [1.82, 2.24) is 5.32 Å². The number of aryl methyl sites for hydroxylation is 1. The Bertz CT molecular complexity index is 401. The van der Waals surface area contributed by atoms with Crippen LogP contribution in [-0.2, 0) is 10.3 Å². The van der Waals surface area contributed by atoms with Crippen LogP contribution in [-0.4, -0.2) is 5.91 Å². The van der Waals surface area contributed by atoms with E-state index in [1.807, 2.05) is 38.3 Å². The van der Waals surface area contributed by atoms with Gasteiger partial charge in [-0.05, 0) is 37.8 Å². The molecule has 1 rings (SSSR count). The van der Waals surface area contributed by atoms with Crippen LogP contribution in [0.15, 0.2) is 11.4 Å². The molecule has 0 atom stereocenters. The van der Waals surface area contributed by atoms with Gasteiger partial charge in [-0.1, -0.05) is 0 Å². The van der Waals surface area contributed by atoms with Crippen molar-refractivity contribution in [1.29, 1.82) is 5.26 Å². The minimum Gasteiger partial charge on any atom is -0.345 e. The molecule has 15 heavy (non-hydrogen) atoms. The summed E-state index contributed by atoms with van der Waals surface area (Å²) in [5, 5.41) is 13.3. The van der Waals surface area contributed by atoms with E-state index in [4.69, 9.17) is 5.26 Å². The van der Waals surface area contributed by atoms with Gasteiger partial charge in [0.2, 0.25) is 5.91 Å². The lowest BCUT2D eigenvalue weighted by molar-refractivity contribution is -0.121. The molecule has 0 bridgehead atoms. The fourth-order valence-corrected chi connectivity index (χ4v) is 2.54. The molecule has 0 unspecified atom stereocenters. The van der Waals surface area contributed by atoms with Gasteiger partial charge in [-0.2, -0.15) is 5.26 Å². The van der Waals surface area contributed by atoms with Crippen molar-refractivity contribution in [3.05, 3.63) is 21.9 Å². The van der Waals surface area contributed by atoms with Crippen molar-refractivity contribution >= 4 is 17.2 Å². The molecule has 1 N–H and O–H groups in total. The zero-order valence-electron chi connectivity index (χ0n) is 9.13. The highest BCUT2D eigenvalue weighted by Crippen LogP contribution is 2.28. The highest BCUT2D eigenvalue weighted by atomic mass is 32.1. The molecular weight excluding hydrogens is 208 g/mol. The molecule has 0 saturated heterocycles. The highest BCUT2D eigenvalue weighted by molar-refractivity contribution is 7.10. The fraction of sp³-hybridized carbons (Fsp3) is 0.455. The van der Waals surface area contributed by atoms with Crippen LogP contribution < -0.4 is 5.32 Å². The first kappa shape index (κ1) is 11.7.